The number of nitrogens with one attached hydrogen (secondary N) is 2. The predicted molar refractivity (Wildman–Crippen MR) is 75.3 cm³/mol. The molecule has 0 bridgehead atoms. The SMILES string of the molecule is CC(C)(C)OC(=O)NCCN1CCNCC12CCC2. The first-order valence-corrected chi connectivity index (χ1v) is 7.34. The van der Waals surface area contributed by atoms with Crippen LogP contribution in [0.3, 0.4) is 0 Å². The van der Waals surface area contributed by atoms with Crippen LogP contribution in [0.1, 0.15) is 40.0 Å². The Morgan fingerprint density at radius 1 is 1.42 bits per heavy atom. The van der Waals surface area contributed by atoms with E-state index in [1.165, 1.54) is 19.3 Å². The molecule has 1 saturated carbocycles. The van der Waals surface area contributed by atoms with Crippen LogP contribution in [0, 0.1) is 0 Å². The van der Waals surface area contributed by atoms with Crippen molar-refractivity contribution in [2.75, 3.05) is 32.7 Å². The average molecular weight is 269 g/mol. The van der Waals surface area contributed by atoms with Crippen molar-refractivity contribution in [3.8, 4) is 0 Å². The van der Waals surface area contributed by atoms with Gasteiger partial charge in [0.15, 0.2) is 0 Å². The zero-order chi connectivity index (χ0) is 13.9. The first-order valence-electron chi connectivity index (χ1n) is 7.34. The van der Waals surface area contributed by atoms with Gasteiger partial charge in [0.2, 0.25) is 0 Å². The zero-order valence-corrected chi connectivity index (χ0v) is 12.4. The van der Waals surface area contributed by atoms with Gasteiger partial charge >= 0.3 is 6.09 Å². The van der Waals surface area contributed by atoms with E-state index in [4.69, 9.17) is 4.74 Å². The second-order valence-corrected chi connectivity index (χ2v) is 6.67. The fourth-order valence-electron chi connectivity index (χ4n) is 2.92. The summed E-state index contributed by atoms with van der Waals surface area (Å²) in [7, 11) is 0. The number of hydrogen-bond donors (Lipinski definition) is 2. The van der Waals surface area contributed by atoms with E-state index in [9.17, 15) is 4.79 Å². The highest BCUT2D eigenvalue weighted by Crippen LogP contribution is 2.37. The quantitative estimate of drug-likeness (QED) is 0.812. The van der Waals surface area contributed by atoms with Gasteiger partial charge in [-0.1, -0.05) is 0 Å². The van der Waals surface area contributed by atoms with Crippen LogP contribution in [0.25, 0.3) is 0 Å². The molecule has 0 radical (unpaired) electrons. The van der Waals surface area contributed by atoms with Crippen molar-refractivity contribution in [1.29, 1.82) is 0 Å². The topological polar surface area (TPSA) is 53.6 Å². The second kappa shape index (κ2) is 5.67. The highest BCUT2D eigenvalue weighted by Gasteiger charge is 2.43. The Morgan fingerprint density at radius 3 is 2.74 bits per heavy atom. The van der Waals surface area contributed by atoms with Crippen molar-refractivity contribution in [2.24, 2.45) is 0 Å². The second-order valence-electron chi connectivity index (χ2n) is 6.67. The summed E-state index contributed by atoms with van der Waals surface area (Å²) in [6.07, 6.45) is 3.58. The normalized spacial score (nSPS) is 22.9. The molecule has 0 aromatic heterocycles. The minimum absolute atomic E-state index is 0.315. The van der Waals surface area contributed by atoms with Crippen molar-refractivity contribution < 1.29 is 9.53 Å². The highest BCUT2D eigenvalue weighted by atomic mass is 16.6. The molecule has 2 aliphatic rings. The number of piperazine rings is 1. The molecular formula is C14H27N3O2. The maximum atomic E-state index is 11.6. The van der Waals surface area contributed by atoms with E-state index in [1.807, 2.05) is 20.8 Å². The molecule has 110 valence electrons. The molecular weight excluding hydrogens is 242 g/mol. The van der Waals surface area contributed by atoms with Crippen LogP contribution in [0.5, 0.6) is 0 Å². The number of carbonyl (C=O) groups excluding carboxylic acids is 1. The molecule has 1 spiro atoms. The summed E-state index contributed by atoms with van der Waals surface area (Å²) in [5.74, 6) is 0. The molecule has 1 aliphatic carbocycles. The smallest absolute Gasteiger partial charge is 0.407 e. The lowest BCUT2D eigenvalue weighted by Gasteiger charge is -2.53. The van der Waals surface area contributed by atoms with E-state index in [-0.39, 0.29) is 6.09 Å². The van der Waals surface area contributed by atoms with Crippen molar-refractivity contribution in [3.63, 3.8) is 0 Å². The van der Waals surface area contributed by atoms with Crippen molar-refractivity contribution in [3.05, 3.63) is 0 Å². The van der Waals surface area contributed by atoms with Gasteiger partial charge in [-0.2, -0.15) is 0 Å². The van der Waals surface area contributed by atoms with Gasteiger partial charge in [0.1, 0.15) is 5.60 Å². The maximum absolute atomic E-state index is 11.6. The molecule has 0 atom stereocenters. The van der Waals surface area contributed by atoms with Gasteiger partial charge in [-0.25, -0.2) is 4.79 Å². The minimum atomic E-state index is -0.422. The Labute approximate surface area is 116 Å². The van der Waals surface area contributed by atoms with Crippen LogP contribution in [-0.2, 0) is 4.74 Å². The van der Waals surface area contributed by atoms with E-state index in [0.29, 0.717) is 12.1 Å². The number of alkyl carbamates (subject to hydrolysis) is 1. The van der Waals surface area contributed by atoms with E-state index >= 15 is 0 Å². The monoisotopic (exact) mass is 269 g/mol. The predicted octanol–water partition coefficient (Wildman–Crippen LogP) is 1.34. The standard InChI is InChI=1S/C14H27N3O2/c1-13(2,3)19-12(18)16-8-10-17-9-7-15-11-14(17)5-4-6-14/h15H,4-11H2,1-3H3,(H,16,18). The van der Waals surface area contributed by atoms with E-state index < -0.39 is 5.60 Å². The molecule has 0 unspecified atom stereocenters. The van der Waals surface area contributed by atoms with Gasteiger partial charge in [-0.3, -0.25) is 4.90 Å². The van der Waals surface area contributed by atoms with Crippen LogP contribution < -0.4 is 10.6 Å². The summed E-state index contributed by atoms with van der Waals surface area (Å²) in [6, 6.07) is 0. The van der Waals surface area contributed by atoms with Crippen molar-refractivity contribution in [1.82, 2.24) is 15.5 Å². The fraction of sp³-hybridized carbons (Fsp3) is 0.929. The molecule has 0 aromatic rings. The fourth-order valence-corrected chi connectivity index (χ4v) is 2.92. The Hall–Kier alpha value is -0.810. The summed E-state index contributed by atoms with van der Waals surface area (Å²) in [4.78, 5) is 14.1. The summed E-state index contributed by atoms with van der Waals surface area (Å²) < 4.78 is 5.24. The van der Waals surface area contributed by atoms with Crippen molar-refractivity contribution >= 4 is 6.09 Å². The third-order valence-electron chi connectivity index (χ3n) is 4.02. The van der Waals surface area contributed by atoms with Crippen LogP contribution in [-0.4, -0.2) is 54.9 Å². The number of nitrogens with zero attached hydrogens (tertiary/aromatic N) is 1. The Kier molecular flexibility index (Phi) is 4.36. The molecule has 19 heavy (non-hydrogen) atoms. The van der Waals surface area contributed by atoms with E-state index in [2.05, 4.69) is 15.5 Å². The molecule has 5 heteroatoms. The number of hydrogen-bond acceptors (Lipinski definition) is 4. The summed E-state index contributed by atoms with van der Waals surface area (Å²) in [5, 5.41) is 6.33. The lowest BCUT2D eigenvalue weighted by atomic mass is 9.74. The lowest BCUT2D eigenvalue weighted by molar-refractivity contribution is -0.00398. The van der Waals surface area contributed by atoms with Gasteiger partial charge in [-0.15, -0.1) is 0 Å². The first kappa shape index (κ1) is 14.6. The van der Waals surface area contributed by atoms with Gasteiger partial charge in [0, 0.05) is 38.3 Å². The molecule has 2 fully saturated rings. The molecule has 1 amide bonds. The molecule has 1 saturated heterocycles. The highest BCUT2D eigenvalue weighted by molar-refractivity contribution is 5.67. The lowest BCUT2D eigenvalue weighted by Crippen LogP contribution is -2.65. The molecule has 1 aliphatic heterocycles. The van der Waals surface area contributed by atoms with Crippen LogP contribution in [0.2, 0.25) is 0 Å². The number of rotatable bonds is 3. The van der Waals surface area contributed by atoms with Crippen LogP contribution in [0.4, 0.5) is 4.79 Å². The van der Waals surface area contributed by atoms with Gasteiger partial charge in [0.05, 0.1) is 0 Å². The number of ether oxygens (including phenoxy) is 1. The average Bonchev–Trinajstić information content (AvgIpc) is 2.25. The molecule has 2 N–H and O–H groups in total. The largest absolute Gasteiger partial charge is 0.444 e. The molecule has 2 rings (SSSR count). The van der Waals surface area contributed by atoms with E-state index in [1.54, 1.807) is 0 Å². The van der Waals surface area contributed by atoms with Crippen molar-refractivity contribution in [2.45, 2.75) is 51.2 Å². The minimum Gasteiger partial charge on any atom is -0.444 e. The van der Waals surface area contributed by atoms with Crippen LogP contribution in [0.15, 0.2) is 0 Å². The molecule has 5 nitrogen and oxygen atoms in total. The molecule has 1 heterocycles. The Morgan fingerprint density at radius 2 is 2.16 bits per heavy atom. The van der Waals surface area contributed by atoms with Crippen LogP contribution >= 0.6 is 0 Å². The molecule has 0 aromatic carbocycles. The van der Waals surface area contributed by atoms with Gasteiger partial charge in [-0.05, 0) is 40.0 Å². The number of carbonyl (C=O) groups is 1. The maximum Gasteiger partial charge on any atom is 0.407 e. The van der Waals surface area contributed by atoms with Gasteiger partial charge in [0.25, 0.3) is 0 Å². The third kappa shape index (κ3) is 3.83. The van der Waals surface area contributed by atoms with Gasteiger partial charge < -0.3 is 15.4 Å². The Bertz CT molecular complexity index is 321. The Balaban J connectivity index is 1.71. The summed E-state index contributed by atoms with van der Waals surface area (Å²) in [5.41, 5.74) is -0.0534. The zero-order valence-electron chi connectivity index (χ0n) is 12.4. The number of amides is 1. The summed E-state index contributed by atoms with van der Waals surface area (Å²) >= 11 is 0. The summed E-state index contributed by atoms with van der Waals surface area (Å²) in [6.45, 7) is 10.5. The first-order chi connectivity index (χ1) is 8.91. The third-order valence-corrected chi connectivity index (χ3v) is 4.02. The van der Waals surface area contributed by atoms with E-state index in [0.717, 1.165) is 26.2 Å².